The third-order valence-electron chi connectivity index (χ3n) is 3.13. The van der Waals surface area contributed by atoms with E-state index in [2.05, 4.69) is 61.0 Å². The van der Waals surface area contributed by atoms with Crippen LogP contribution in [0, 0.1) is 6.92 Å². The summed E-state index contributed by atoms with van der Waals surface area (Å²) in [6, 6.07) is 18.6. The number of aliphatic imine (C=N–C) groups is 1. The van der Waals surface area contributed by atoms with Gasteiger partial charge in [-0.15, -0.1) is 0 Å². The van der Waals surface area contributed by atoms with E-state index in [1.165, 1.54) is 5.56 Å². The van der Waals surface area contributed by atoms with E-state index in [1.54, 1.807) is 7.05 Å². The van der Waals surface area contributed by atoms with Crippen LogP contribution in [0.1, 0.15) is 16.7 Å². The van der Waals surface area contributed by atoms with E-state index in [-0.39, 0.29) is 0 Å². The lowest BCUT2D eigenvalue weighted by Crippen LogP contribution is -1.88. The van der Waals surface area contributed by atoms with E-state index in [0.717, 1.165) is 22.3 Å². The highest BCUT2D eigenvalue weighted by Gasteiger charge is 2.01. The van der Waals surface area contributed by atoms with E-state index in [4.69, 9.17) is 0 Å². The minimum absolute atomic E-state index is 0.987. The molecule has 0 N–H and O–H groups in total. The van der Waals surface area contributed by atoms with Gasteiger partial charge < -0.3 is 0 Å². The van der Waals surface area contributed by atoms with E-state index < -0.39 is 0 Å². The molecule has 100 valence electrons. The van der Waals surface area contributed by atoms with Gasteiger partial charge >= 0.3 is 0 Å². The van der Waals surface area contributed by atoms with Crippen molar-refractivity contribution in [1.82, 2.24) is 0 Å². The Kier molecular flexibility index (Phi) is 4.67. The van der Waals surface area contributed by atoms with Gasteiger partial charge in [0.25, 0.3) is 0 Å². The summed E-state index contributed by atoms with van der Waals surface area (Å²) in [6.45, 7) is 6.24. The maximum Gasteiger partial charge on any atom is 0.0287 e. The molecule has 2 aromatic rings. The first kappa shape index (κ1) is 14.0. The van der Waals surface area contributed by atoms with Gasteiger partial charge in [0, 0.05) is 18.8 Å². The topological polar surface area (TPSA) is 12.4 Å². The first-order chi connectivity index (χ1) is 9.70. The van der Waals surface area contributed by atoms with Crippen molar-refractivity contribution in [3.8, 4) is 0 Å². The summed E-state index contributed by atoms with van der Waals surface area (Å²) in [4.78, 5) is 4.15. The first-order valence-corrected chi connectivity index (χ1v) is 6.66. The Labute approximate surface area is 121 Å². The minimum Gasteiger partial charge on any atom is -0.296 e. The Bertz CT molecular complexity index is 631. The number of rotatable bonds is 4. The summed E-state index contributed by atoms with van der Waals surface area (Å²) in [7, 11) is 1.79. The number of hydrogen-bond acceptors (Lipinski definition) is 1. The van der Waals surface area contributed by atoms with Crippen molar-refractivity contribution in [3.63, 3.8) is 0 Å². The number of hydrogen-bond donors (Lipinski definition) is 0. The van der Waals surface area contributed by atoms with E-state index in [0.29, 0.717) is 0 Å². The van der Waals surface area contributed by atoms with E-state index in [9.17, 15) is 0 Å². The Morgan fingerprint density at radius 2 is 1.60 bits per heavy atom. The molecule has 2 aromatic carbocycles. The fourth-order valence-corrected chi connectivity index (χ4v) is 2.00. The fourth-order valence-electron chi connectivity index (χ4n) is 2.00. The number of aryl methyl sites for hydroxylation is 1. The molecule has 0 unspecified atom stereocenters. The molecule has 0 amide bonds. The maximum absolute atomic E-state index is 4.15. The zero-order valence-corrected chi connectivity index (χ0v) is 12.0. The predicted octanol–water partition coefficient (Wildman–Crippen LogP) is 4.79. The summed E-state index contributed by atoms with van der Waals surface area (Å²) in [5, 5.41) is 0. The molecule has 0 aromatic heterocycles. The van der Waals surface area contributed by atoms with Crippen LogP contribution < -0.4 is 0 Å². The second-order valence-electron chi connectivity index (χ2n) is 4.74. The molecule has 1 heteroatoms. The first-order valence-electron chi connectivity index (χ1n) is 6.66. The van der Waals surface area contributed by atoms with E-state index >= 15 is 0 Å². The van der Waals surface area contributed by atoms with Crippen molar-refractivity contribution in [1.29, 1.82) is 0 Å². The Balaban J connectivity index is 2.36. The molecule has 1 nitrogen and oxygen atoms in total. The Morgan fingerprint density at radius 3 is 2.20 bits per heavy atom. The lowest BCUT2D eigenvalue weighted by Gasteiger charge is -2.06. The predicted molar refractivity (Wildman–Crippen MR) is 89.0 cm³/mol. The number of allylic oxidation sites excluding steroid dienone is 3. The van der Waals surface area contributed by atoms with Gasteiger partial charge in [-0.1, -0.05) is 66.7 Å². The van der Waals surface area contributed by atoms with Crippen LogP contribution >= 0.6 is 0 Å². The molecule has 2 rings (SSSR count). The lowest BCUT2D eigenvalue weighted by atomic mass is 10.00. The molecule has 0 heterocycles. The van der Waals surface area contributed by atoms with Gasteiger partial charge in [0.1, 0.15) is 0 Å². The van der Waals surface area contributed by atoms with Crippen molar-refractivity contribution in [2.45, 2.75) is 6.92 Å². The van der Waals surface area contributed by atoms with Gasteiger partial charge in [0.2, 0.25) is 0 Å². The quantitative estimate of drug-likeness (QED) is 0.554. The van der Waals surface area contributed by atoms with Crippen LogP contribution in [0.15, 0.2) is 72.2 Å². The SMILES string of the molecule is C=C(/C=C(\C=NC)c1ccc(C)cc1)c1ccccc1. The molecule has 0 saturated carbocycles. The molecule has 0 radical (unpaired) electrons. The molecule has 0 aliphatic rings. The molecule has 0 bridgehead atoms. The lowest BCUT2D eigenvalue weighted by molar-refractivity contribution is 1.45. The highest BCUT2D eigenvalue weighted by molar-refractivity contribution is 6.12. The van der Waals surface area contributed by atoms with Gasteiger partial charge in [-0.2, -0.15) is 0 Å². The van der Waals surface area contributed by atoms with Crippen molar-refractivity contribution < 1.29 is 0 Å². The normalized spacial score (nSPS) is 11.8. The molecule has 0 fully saturated rings. The van der Waals surface area contributed by atoms with Crippen LogP contribution in [0.25, 0.3) is 11.1 Å². The molecule has 0 spiro atoms. The summed E-state index contributed by atoms with van der Waals surface area (Å²) < 4.78 is 0. The van der Waals surface area contributed by atoms with Crippen molar-refractivity contribution >= 4 is 17.4 Å². The Morgan fingerprint density at radius 1 is 0.950 bits per heavy atom. The molecule has 0 aliphatic carbocycles. The number of nitrogens with zero attached hydrogens (tertiary/aromatic N) is 1. The third kappa shape index (κ3) is 3.55. The highest BCUT2D eigenvalue weighted by Crippen LogP contribution is 2.20. The minimum atomic E-state index is 0.987. The average Bonchev–Trinajstić information content (AvgIpc) is 2.48. The third-order valence-corrected chi connectivity index (χ3v) is 3.13. The summed E-state index contributed by atoms with van der Waals surface area (Å²) >= 11 is 0. The molecular weight excluding hydrogens is 242 g/mol. The molecule has 0 aliphatic heterocycles. The van der Waals surface area contributed by atoms with Crippen molar-refractivity contribution in [2.75, 3.05) is 7.05 Å². The van der Waals surface area contributed by atoms with Crippen LogP contribution in [-0.2, 0) is 0 Å². The van der Waals surface area contributed by atoms with Gasteiger partial charge in [-0.05, 0) is 29.7 Å². The highest BCUT2D eigenvalue weighted by atomic mass is 14.6. The summed E-state index contributed by atoms with van der Waals surface area (Å²) in [6.07, 6.45) is 3.95. The van der Waals surface area contributed by atoms with Crippen LogP contribution in [-0.4, -0.2) is 13.3 Å². The van der Waals surface area contributed by atoms with Crippen LogP contribution in [0.3, 0.4) is 0 Å². The van der Waals surface area contributed by atoms with Crippen molar-refractivity contribution in [2.24, 2.45) is 4.99 Å². The monoisotopic (exact) mass is 261 g/mol. The molecule has 0 atom stereocenters. The summed E-state index contributed by atoms with van der Waals surface area (Å²) in [5.74, 6) is 0. The molecule has 0 saturated heterocycles. The van der Waals surface area contributed by atoms with Gasteiger partial charge in [0.15, 0.2) is 0 Å². The summed E-state index contributed by atoms with van der Waals surface area (Å²) in [5.41, 5.74) is 5.59. The number of benzene rings is 2. The van der Waals surface area contributed by atoms with Crippen LogP contribution in [0.2, 0.25) is 0 Å². The largest absolute Gasteiger partial charge is 0.296 e. The molecular formula is C19H19N. The average molecular weight is 261 g/mol. The van der Waals surface area contributed by atoms with Crippen LogP contribution in [0.4, 0.5) is 0 Å². The second kappa shape index (κ2) is 6.67. The zero-order chi connectivity index (χ0) is 14.4. The van der Waals surface area contributed by atoms with Gasteiger partial charge in [-0.3, -0.25) is 4.99 Å². The van der Waals surface area contributed by atoms with Gasteiger partial charge in [0.05, 0.1) is 0 Å². The maximum atomic E-state index is 4.15. The van der Waals surface area contributed by atoms with Crippen LogP contribution in [0.5, 0.6) is 0 Å². The van der Waals surface area contributed by atoms with E-state index in [1.807, 2.05) is 24.4 Å². The van der Waals surface area contributed by atoms with Gasteiger partial charge in [-0.25, -0.2) is 0 Å². The van der Waals surface area contributed by atoms with Crippen molar-refractivity contribution in [3.05, 3.63) is 83.9 Å². The smallest absolute Gasteiger partial charge is 0.0287 e. The fraction of sp³-hybridized carbons (Fsp3) is 0.105. The Hall–Kier alpha value is -2.41. The molecule has 20 heavy (non-hydrogen) atoms. The zero-order valence-electron chi connectivity index (χ0n) is 12.0. The second-order valence-corrected chi connectivity index (χ2v) is 4.74. The standard InChI is InChI=1S/C19H19N/c1-15-9-11-18(12-10-15)19(14-20-3)13-16(2)17-7-5-4-6-8-17/h4-14H,2H2,1,3H3/b19-13+,20-14?.